The summed E-state index contributed by atoms with van der Waals surface area (Å²) in [6, 6.07) is 10.7. The van der Waals surface area contributed by atoms with Crippen molar-refractivity contribution in [2.75, 3.05) is 31.5 Å². The van der Waals surface area contributed by atoms with Crippen LogP contribution in [0, 0.1) is 0 Å². The SMILES string of the molecule is O=C(N1CCCC1)N1CCC(Nc2nc(-c3ccccc3)no2)CC1. The van der Waals surface area contributed by atoms with Gasteiger partial charge >= 0.3 is 12.0 Å². The summed E-state index contributed by atoms with van der Waals surface area (Å²) in [5.74, 6) is 0.588. The molecule has 7 nitrogen and oxygen atoms in total. The third kappa shape index (κ3) is 3.60. The van der Waals surface area contributed by atoms with Gasteiger partial charge in [0.1, 0.15) is 0 Å². The number of hydrogen-bond donors (Lipinski definition) is 1. The van der Waals surface area contributed by atoms with Crippen molar-refractivity contribution < 1.29 is 9.32 Å². The molecule has 1 N–H and O–H groups in total. The van der Waals surface area contributed by atoms with Crippen LogP contribution in [-0.4, -0.2) is 58.2 Å². The van der Waals surface area contributed by atoms with Crippen molar-refractivity contribution >= 4 is 12.0 Å². The van der Waals surface area contributed by atoms with Gasteiger partial charge in [0, 0.05) is 37.8 Å². The minimum atomic E-state index is 0.195. The number of nitrogens with one attached hydrogen (secondary N) is 1. The van der Waals surface area contributed by atoms with E-state index in [1.165, 1.54) is 0 Å². The Kier molecular flexibility index (Phi) is 4.54. The molecule has 0 bridgehead atoms. The van der Waals surface area contributed by atoms with Gasteiger partial charge < -0.3 is 19.6 Å². The van der Waals surface area contributed by atoms with Gasteiger partial charge in [-0.2, -0.15) is 4.98 Å². The van der Waals surface area contributed by atoms with E-state index in [0.29, 0.717) is 11.8 Å². The fourth-order valence-electron chi connectivity index (χ4n) is 3.48. The molecule has 132 valence electrons. The molecule has 2 fully saturated rings. The first-order chi connectivity index (χ1) is 12.3. The molecule has 0 unspecified atom stereocenters. The van der Waals surface area contributed by atoms with Gasteiger partial charge in [-0.3, -0.25) is 0 Å². The number of benzene rings is 1. The fraction of sp³-hybridized carbons (Fsp3) is 0.500. The van der Waals surface area contributed by atoms with Crippen molar-refractivity contribution in [3.05, 3.63) is 30.3 Å². The Labute approximate surface area is 147 Å². The number of amides is 2. The lowest BCUT2D eigenvalue weighted by Crippen LogP contribution is -2.47. The summed E-state index contributed by atoms with van der Waals surface area (Å²) < 4.78 is 5.32. The van der Waals surface area contributed by atoms with E-state index in [2.05, 4.69) is 15.5 Å². The lowest BCUT2D eigenvalue weighted by Gasteiger charge is -2.34. The molecule has 4 rings (SSSR count). The van der Waals surface area contributed by atoms with Gasteiger partial charge in [-0.05, 0) is 25.7 Å². The van der Waals surface area contributed by atoms with Gasteiger partial charge in [0.05, 0.1) is 0 Å². The van der Waals surface area contributed by atoms with Gasteiger partial charge in [-0.15, -0.1) is 0 Å². The highest BCUT2D eigenvalue weighted by Crippen LogP contribution is 2.21. The van der Waals surface area contributed by atoms with Crippen LogP contribution >= 0.6 is 0 Å². The zero-order chi connectivity index (χ0) is 17.1. The van der Waals surface area contributed by atoms with Crippen LogP contribution in [0.1, 0.15) is 25.7 Å². The normalized spacial score (nSPS) is 18.6. The Morgan fingerprint density at radius 2 is 1.72 bits per heavy atom. The summed E-state index contributed by atoms with van der Waals surface area (Å²) in [5.41, 5.74) is 0.935. The molecule has 0 atom stereocenters. The topological polar surface area (TPSA) is 74.5 Å². The molecule has 2 amide bonds. The molecule has 2 aliphatic rings. The van der Waals surface area contributed by atoms with E-state index >= 15 is 0 Å². The van der Waals surface area contributed by atoms with Gasteiger partial charge in [0.25, 0.3) is 0 Å². The summed E-state index contributed by atoms with van der Waals surface area (Å²) >= 11 is 0. The number of hydrogen-bond acceptors (Lipinski definition) is 5. The van der Waals surface area contributed by atoms with Crippen molar-refractivity contribution in [1.29, 1.82) is 0 Å². The number of piperidine rings is 1. The molecule has 1 aromatic carbocycles. The molecule has 2 aliphatic heterocycles. The minimum absolute atomic E-state index is 0.195. The number of urea groups is 1. The summed E-state index contributed by atoms with van der Waals surface area (Å²) in [4.78, 5) is 20.8. The molecule has 1 aromatic heterocycles. The van der Waals surface area contributed by atoms with Gasteiger partial charge in [-0.1, -0.05) is 35.5 Å². The zero-order valence-electron chi connectivity index (χ0n) is 14.2. The highest BCUT2D eigenvalue weighted by molar-refractivity contribution is 5.74. The van der Waals surface area contributed by atoms with Crippen molar-refractivity contribution in [2.45, 2.75) is 31.7 Å². The number of carbonyl (C=O) groups excluding carboxylic acids is 1. The lowest BCUT2D eigenvalue weighted by molar-refractivity contribution is 0.150. The van der Waals surface area contributed by atoms with Crippen LogP contribution in [0.2, 0.25) is 0 Å². The molecule has 25 heavy (non-hydrogen) atoms. The number of rotatable bonds is 3. The molecule has 0 radical (unpaired) electrons. The average Bonchev–Trinajstić information content (AvgIpc) is 3.35. The van der Waals surface area contributed by atoms with Crippen molar-refractivity contribution in [3.8, 4) is 11.4 Å². The van der Waals surface area contributed by atoms with Crippen LogP contribution in [0.15, 0.2) is 34.9 Å². The Morgan fingerprint density at radius 3 is 2.44 bits per heavy atom. The lowest BCUT2D eigenvalue weighted by atomic mass is 10.1. The van der Waals surface area contributed by atoms with Crippen LogP contribution in [0.5, 0.6) is 0 Å². The van der Waals surface area contributed by atoms with E-state index in [0.717, 1.165) is 57.4 Å². The van der Waals surface area contributed by atoms with Crippen LogP contribution < -0.4 is 5.32 Å². The van der Waals surface area contributed by atoms with E-state index in [1.807, 2.05) is 40.1 Å². The fourth-order valence-corrected chi connectivity index (χ4v) is 3.48. The van der Waals surface area contributed by atoms with Crippen molar-refractivity contribution in [1.82, 2.24) is 19.9 Å². The first-order valence-electron chi connectivity index (χ1n) is 8.99. The Balaban J connectivity index is 1.30. The maximum atomic E-state index is 12.4. The molecule has 2 saturated heterocycles. The van der Waals surface area contributed by atoms with E-state index in [-0.39, 0.29) is 12.1 Å². The van der Waals surface area contributed by atoms with Gasteiger partial charge in [0.15, 0.2) is 0 Å². The zero-order valence-corrected chi connectivity index (χ0v) is 14.2. The molecule has 3 heterocycles. The Morgan fingerprint density at radius 1 is 1.04 bits per heavy atom. The van der Waals surface area contributed by atoms with E-state index in [1.54, 1.807) is 0 Å². The van der Waals surface area contributed by atoms with E-state index < -0.39 is 0 Å². The number of aromatic nitrogens is 2. The van der Waals surface area contributed by atoms with Crippen LogP contribution in [-0.2, 0) is 0 Å². The quantitative estimate of drug-likeness (QED) is 0.929. The van der Waals surface area contributed by atoms with Gasteiger partial charge in [0.2, 0.25) is 5.82 Å². The third-order valence-corrected chi connectivity index (χ3v) is 4.93. The first kappa shape index (κ1) is 15.9. The first-order valence-corrected chi connectivity index (χ1v) is 8.99. The summed E-state index contributed by atoms with van der Waals surface area (Å²) in [7, 11) is 0. The molecular formula is C18H23N5O2. The predicted octanol–water partition coefficient (Wildman–Crippen LogP) is 2.83. The average molecular weight is 341 g/mol. The molecule has 0 saturated carbocycles. The summed E-state index contributed by atoms with van der Waals surface area (Å²) in [6.45, 7) is 3.35. The second kappa shape index (κ2) is 7.13. The Bertz CT molecular complexity index is 703. The van der Waals surface area contributed by atoms with E-state index in [9.17, 15) is 4.79 Å². The van der Waals surface area contributed by atoms with Gasteiger partial charge in [-0.25, -0.2) is 4.79 Å². The molecule has 0 spiro atoms. The monoisotopic (exact) mass is 341 g/mol. The number of nitrogens with zero attached hydrogens (tertiary/aromatic N) is 4. The second-order valence-corrected chi connectivity index (χ2v) is 6.67. The maximum Gasteiger partial charge on any atom is 0.322 e. The number of carbonyl (C=O) groups is 1. The standard InChI is InChI=1S/C18H23N5O2/c24-18(22-10-4-5-11-22)23-12-8-15(9-13-23)19-17-20-16(21-25-17)14-6-2-1-3-7-14/h1-3,6-7,15H,4-5,8-13H2,(H,19,20,21). The largest absolute Gasteiger partial charge is 0.335 e. The maximum absolute atomic E-state index is 12.4. The molecule has 7 heteroatoms. The van der Waals surface area contributed by atoms with E-state index in [4.69, 9.17) is 4.52 Å². The van der Waals surface area contributed by atoms with Crippen LogP contribution in [0.4, 0.5) is 10.8 Å². The number of anilines is 1. The van der Waals surface area contributed by atoms with Crippen LogP contribution in [0.25, 0.3) is 11.4 Å². The summed E-state index contributed by atoms with van der Waals surface area (Å²) in [6.07, 6.45) is 4.04. The molecule has 0 aliphatic carbocycles. The molecular weight excluding hydrogens is 318 g/mol. The summed E-state index contributed by atoms with van der Waals surface area (Å²) in [5, 5.41) is 7.34. The smallest absolute Gasteiger partial charge is 0.322 e. The third-order valence-electron chi connectivity index (χ3n) is 4.93. The Hall–Kier alpha value is -2.57. The predicted molar refractivity (Wildman–Crippen MR) is 94.2 cm³/mol. The highest BCUT2D eigenvalue weighted by Gasteiger charge is 2.28. The van der Waals surface area contributed by atoms with Crippen molar-refractivity contribution in [3.63, 3.8) is 0 Å². The van der Waals surface area contributed by atoms with Crippen LogP contribution in [0.3, 0.4) is 0 Å². The number of likely N-dealkylation sites (tertiary alicyclic amines) is 2. The van der Waals surface area contributed by atoms with Crippen molar-refractivity contribution in [2.24, 2.45) is 0 Å². The second-order valence-electron chi connectivity index (χ2n) is 6.67. The highest BCUT2D eigenvalue weighted by atomic mass is 16.5. The molecule has 2 aromatic rings. The minimum Gasteiger partial charge on any atom is -0.335 e.